The van der Waals surface area contributed by atoms with Crippen molar-refractivity contribution in [2.24, 2.45) is 0 Å². The van der Waals surface area contributed by atoms with E-state index in [0.717, 1.165) is 0 Å². The first-order valence-corrected chi connectivity index (χ1v) is 0. The van der Waals surface area contributed by atoms with Crippen LogP contribution in [0.5, 0.6) is 0 Å². The molecule has 0 aliphatic carbocycles. The first kappa shape index (κ1) is 27.6. The zero-order valence-electron chi connectivity index (χ0n) is 1.41. The zero-order valence-corrected chi connectivity index (χ0v) is 10.9. The molecule has 4 heavy (non-hydrogen) atoms. The number of rotatable bonds is 0. The summed E-state index contributed by atoms with van der Waals surface area (Å²) >= 11 is 0. The molecule has 0 N–H and O–H groups in total. The van der Waals surface area contributed by atoms with Gasteiger partial charge in [-0.3, -0.25) is 0 Å². The Hall–Kier alpha value is 3.08. The SMILES string of the molecule is [AlH3].[BiH3].[InH3].[SnH2]. The summed E-state index contributed by atoms with van der Waals surface area (Å²) in [6, 6.07) is 0. The molecule has 0 aromatic rings. The summed E-state index contributed by atoms with van der Waals surface area (Å²) in [4.78, 5) is 0. The predicted molar refractivity (Wildman–Crippen MR) is 38.4 cm³/mol. The molecular weight excluding hydrogens is 469 g/mol. The average Bonchev–Trinajstić information content (AvgIpc) is 0. The van der Waals surface area contributed by atoms with E-state index in [2.05, 4.69) is 0 Å². The molecule has 0 atom stereocenters. The number of hydrogen-bond donors (Lipinski definition) is 0. The summed E-state index contributed by atoms with van der Waals surface area (Å²) in [5.74, 6) is 0. The molecule has 0 amide bonds. The number of hydrogen-bond acceptors (Lipinski definition) is 0. The van der Waals surface area contributed by atoms with E-state index in [-0.39, 0.29) is 93.3 Å². The quantitative estimate of drug-likeness (QED) is 0.307. The van der Waals surface area contributed by atoms with Crippen LogP contribution in [0.1, 0.15) is 0 Å². The predicted octanol–water partition coefficient (Wildman–Crippen LogP) is -4.47. The molecular formula is H11AlBiInSn. The second-order valence-electron chi connectivity index (χ2n) is 0. The first-order valence-electron chi connectivity index (χ1n) is 0. The van der Waals surface area contributed by atoms with Gasteiger partial charge < -0.3 is 0 Å². The van der Waals surface area contributed by atoms with Crippen molar-refractivity contribution in [1.82, 2.24) is 0 Å². The van der Waals surface area contributed by atoms with Gasteiger partial charge in [-0.2, -0.15) is 0 Å². The van der Waals surface area contributed by atoms with Crippen LogP contribution in [0.25, 0.3) is 0 Å². The second-order valence-corrected chi connectivity index (χ2v) is 0. The van der Waals surface area contributed by atoms with E-state index in [4.69, 9.17) is 0 Å². The van der Waals surface area contributed by atoms with Crippen LogP contribution in [-0.4, -0.2) is 93.3 Å². The van der Waals surface area contributed by atoms with Crippen molar-refractivity contribution in [3.8, 4) is 0 Å². The third-order valence-corrected chi connectivity index (χ3v) is 0. The molecule has 0 rings (SSSR count). The maximum atomic E-state index is 0. The molecule has 0 fully saturated rings. The van der Waals surface area contributed by atoms with Crippen molar-refractivity contribution in [1.29, 1.82) is 0 Å². The van der Waals surface area contributed by atoms with Gasteiger partial charge in [-0.1, -0.05) is 0 Å². The fraction of sp³-hybridized carbons (Fsp3) is 0. The van der Waals surface area contributed by atoms with Crippen LogP contribution in [-0.2, 0) is 0 Å². The van der Waals surface area contributed by atoms with E-state index in [1.165, 1.54) is 0 Å². The van der Waals surface area contributed by atoms with E-state index in [0.29, 0.717) is 0 Å². The Labute approximate surface area is 91.5 Å². The topological polar surface area (TPSA) is 0 Å². The molecule has 0 saturated heterocycles. The molecule has 4 heteroatoms. The summed E-state index contributed by atoms with van der Waals surface area (Å²) < 4.78 is 0. The van der Waals surface area contributed by atoms with Crippen molar-refractivity contribution >= 4 is 93.3 Å². The molecule has 2 radical (unpaired) electrons. The van der Waals surface area contributed by atoms with Crippen LogP contribution >= 0.6 is 0 Å². The van der Waals surface area contributed by atoms with Crippen LogP contribution < -0.4 is 0 Å². The second kappa shape index (κ2) is 16.5. The molecule has 0 aromatic heterocycles. The van der Waals surface area contributed by atoms with Gasteiger partial charge in [0.15, 0.2) is 17.4 Å². The van der Waals surface area contributed by atoms with Crippen molar-refractivity contribution in [2.75, 3.05) is 0 Å². The van der Waals surface area contributed by atoms with Crippen molar-refractivity contribution in [2.45, 2.75) is 0 Å². The maximum absolute atomic E-state index is 0. The van der Waals surface area contributed by atoms with Gasteiger partial charge in [0.2, 0.25) is 0 Å². The first-order chi connectivity index (χ1) is 0. The van der Waals surface area contributed by atoms with Crippen LogP contribution in [0.15, 0.2) is 0 Å². The molecule has 0 heterocycles. The van der Waals surface area contributed by atoms with E-state index < -0.39 is 0 Å². The molecule has 0 aliphatic rings. The summed E-state index contributed by atoms with van der Waals surface area (Å²) in [6.07, 6.45) is 0. The van der Waals surface area contributed by atoms with E-state index in [1.54, 1.807) is 0 Å². The third-order valence-electron chi connectivity index (χ3n) is 0. The minimum absolute atomic E-state index is 0. The zero-order chi connectivity index (χ0) is 0. The summed E-state index contributed by atoms with van der Waals surface area (Å²) in [5.41, 5.74) is 0. The van der Waals surface area contributed by atoms with Gasteiger partial charge in [0.1, 0.15) is 0 Å². The van der Waals surface area contributed by atoms with Crippen LogP contribution in [0, 0.1) is 0 Å². The molecule has 0 saturated carbocycles. The van der Waals surface area contributed by atoms with E-state index >= 15 is 0 Å². The van der Waals surface area contributed by atoms with Crippen LogP contribution in [0.2, 0.25) is 0 Å². The van der Waals surface area contributed by atoms with Gasteiger partial charge in [0, 0.05) is 0 Å². The van der Waals surface area contributed by atoms with Crippen molar-refractivity contribution in [3.05, 3.63) is 0 Å². The van der Waals surface area contributed by atoms with Gasteiger partial charge in [-0.25, -0.2) is 0 Å². The van der Waals surface area contributed by atoms with Gasteiger partial charge in [0.05, 0.1) is 0 Å². The van der Waals surface area contributed by atoms with Crippen molar-refractivity contribution < 1.29 is 0 Å². The Morgan fingerprint density at radius 2 is 1.00 bits per heavy atom. The molecule has 0 unspecified atom stereocenters. The third kappa shape index (κ3) is 8.92. The Morgan fingerprint density at radius 1 is 1.00 bits per heavy atom. The Morgan fingerprint density at radius 3 is 1.00 bits per heavy atom. The molecule has 0 aromatic carbocycles. The van der Waals surface area contributed by atoms with Gasteiger partial charge in [0.25, 0.3) is 0 Å². The normalized spacial score (nSPS) is 0. The fourth-order valence-electron chi connectivity index (χ4n) is 0. The Balaban J connectivity index is 0. The van der Waals surface area contributed by atoms with Crippen LogP contribution in [0.3, 0.4) is 0 Å². The summed E-state index contributed by atoms with van der Waals surface area (Å²) in [6.45, 7) is 0. The molecule has 0 spiro atoms. The molecule has 26 valence electrons. The monoisotopic (exact) mass is 482 g/mol. The minimum atomic E-state index is 0. The molecule has 0 nitrogen and oxygen atoms in total. The summed E-state index contributed by atoms with van der Waals surface area (Å²) in [7, 11) is 0. The van der Waals surface area contributed by atoms with Gasteiger partial charge in [-0.05, 0) is 0 Å². The van der Waals surface area contributed by atoms with Gasteiger partial charge in [-0.15, -0.1) is 0 Å². The molecule has 0 aliphatic heterocycles. The van der Waals surface area contributed by atoms with E-state index in [1.807, 2.05) is 0 Å². The summed E-state index contributed by atoms with van der Waals surface area (Å²) in [5, 5.41) is 0. The Kier molecular flexibility index (Phi) is 114. The average molecular weight is 481 g/mol. The Bertz CT molecular complexity index is 8.00. The van der Waals surface area contributed by atoms with Gasteiger partial charge >= 0.3 is 76.0 Å². The standard InChI is InChI=1S/Al.Bi.In.Sn.11H. The van der Waals surface area contributed by atoms with Crippen molar-refractivity contribution in [3.63, 3.8) is 0 Å². The molecule has 0 bridgehead atoms. The fourth-order valence-corrected chi connectivity index (χ4v) is 0. The van der Waals surface area contributed by atoms with E-state index in [9.17, 15) is 0 Å². The van der Waals surface area contributed by atoms with Crippen LogP contribution in [0.4, 0.5) is 0 Å².